The van der Waals surface area contributed by atoms with Crippen LogP contribution in [0.5, 0.6) is 0 Å². The number of hydrogen-bond donors (Lipinski definition) is 0. The van der Waals surface area contributed by atoms with Crippen molar-refractivity contribution in [3.8, 4) is 33.6 Å². The molecule has 0 spiro atoms. The van der Waals surface area contributed by atoms with Gasteiger partial charge in [-0.2, -0.15) is 0 Å². The minimum atomic E-state index is 1.10. The molecule has 0 atom stereocenters. The van der Waals surface area contributed by atoms with Gasteiger partial charge < -0.3 is 14.0 Å². The van der Waals surface area contributed by atoms with E-state index in [1.165, 1.54) is 65.9 Å². The third kappa shape index (κ3) is 5.60. The molecule has 0 bridgehead atoms. The second kappa shape index (κ2) is 13.6. The Morgan fingerprint density at radius 2 is 0.579 bits per heavy atom. The maximum atomic E-state index is 2.38. The fraction of sp³-hybridized carbons (Fsp3) is 0. The van der Waals surface area contributed by atoms with Crippen LogP contribution in [-0.2, 0) is 0 Å². The molecule has 3 heteroatoms. The predicted molar refractivity (Wildman–Crippen MR) is 241 cm³/mol. The number of fused-ring (bicyclic) bond motifs is 6. The average molecular weight is 728 g/mol. The summed E-state index contributed by atoms with van der Waals surface area (Å²) in [6.45, 7) is 0. The van der Waals surface area contributed by atoms with Crippen LogP contribution < -0.4 is 4.90 Å². The van der Waals surface area contributed by atoms with Crippen LogP contribution >= 0.6 is 0 Å². The standard InChI is InChI=1S/C54H37N3/c1-2-16-42(17-3-1)55(43-32-28-38(29-33-43)40-14-12-18-45(36-40)56-51-24-8-4-20-47(51)48-21-5-9-25-52(48)56)44-34-30-39(31-35-44)41-15-13-19-46(37-41)57-53-26-10-6-22-49(53)50-23-7-11-27-54(50)57/h1-37H. The van der Waals surface area contributed by atoms with Gasteiger partial charge in [0.25, 0.3) is 0 Å². The third-order valence-corrected chi connectivity index (χ3v) is 11.3. The van der Waals surface area contributed by atoms with Crippen molar-refractivity contribution in [1.82, 2.24) is 9.13 Å². The van der Waals surface area contributed by atoms with E-state index in [9.17, 15) is 0 Å². The zero-order chi connectivity index (χ0) is 37.7. The summed E-state index contributed by atoms with van der Waals surface area (Å²) >= 11 is 0. The van der Waals surface area contributed by atoms with Gasteiger partial charge in [-0.1, -0.05) is 140 Å². The van der Waals surface area contributed by atoms with Crippen molar-refractivity contribution in [2.75, 3.05) is 4.90 Å². The second-order valence-corrected chi connectivity index (χ2v) is 14.6. The Kier molecular flexibility index (Phi) is 7.82. The highest BCUT2D eigenvalue weighted by atomic mass is 15.1. The van der Waals surface area contributed by atoms with E-state index in [2.05, 4.69) is 238 Å². The Morgan fingerprint density at radius 3 is 0.965 bits per heavy atom. The number of para-hydroxylation sites is 5. The van der Waals surface area contributed by atoms with Crippen LogP contribution in [0.15, 0.2) is 224 Å². The Morgan fingerprint density at radius 1 is 0.246 bits per heavy atom. The summed E-state index contributed by atoms with van der Waals surface area (Å²) in [6, 6.07) is 81.0. The molecule has 57 heavy (non-hydrogen) atoms. The average Bonchev–Trinajstić information content (AvgIpc) is 3.81. The third-order valence-electron chi connectivity index (χ3n) is 11.3. The molecule has 3 nitrogen and oxygen atoms in total. The molecule has 0 radical (unpaired) electrons. The summed E-state index contributed by atoms with van der Waals surface area (Å²) in [5.74, 6) is 0. The monoisotopic (exact) mass is 727 g/mol. The Labute approximate surface area is 331 Å². The van der Waals surface area contributed by atoms with E-state index in [-0.39, 0.29) is 0 Å². The molecule has 11 aromatic rings. The number of anilines is 3. The molecule has 268 valence electrons. The smallest absolute Gasteiger partial charge is 0.0541 e. The summed E-state index contributed by atoms with van der Waals surface area (Å²) in [5.41, 5.74) is 15.2. The molecule has 0 aliphatic rings. The number of hydrogen-bond acceptors (Lipinski definition) is 1. The van der Waals surface area contributed by atoms with Gasteiger partial charge in [-0.05, 0) is 107 Å². The SMILES string of the molecule is c1ccc(N(c2ccc(-c3cccc(-n4c5ccccc5c5ccccc54)c3)cc2)c2ccc(-c3cccc(-n4c5ccccc5c5ccccc54)c3)cc2)cc1. The Bertz CT molecular complexity index is 2920. The van der Waals surface area contributed by atoms with Gasteiger partial charge in [-0.25, -0.2) is 0 Å². The summed E-state index contributed by atoms with van der Waals surface area (Å²) in [6.07, 6.45) is 0. The first-order valence-corrected chi connectivity index (χ1v) is 19.5. The van der Waals surface area contributed by atoms with E-state index < -0.39 is 0 Å². The van der Waals surface area contributed by atoms with Gasteiger partial charge in [0.05, 0.1) is 22.1 Å². The van der Waals surface area contributed by atoms with Crippen LogP contribution in [0.3, 0.4) is 0 Å². The molecule has 0 unspecified atom stereocenters. The lowest BCUT2D eigenvalue weighted by Crippen LogP contribution is -2.09. The van der Waals surface area contributed by atoms with Crippen molar-refractivity contribution in [3.05, 3.63) is 224 Å². The number of rotatable bonds is 7. The van der Waals surface area contributed by atoms with Crippen LogP contribution in [0.25, 0.3) is 77.2 Å². The van der Waals surface area contributed by atoms with Crippen molar-refractivity contribution in [2.24, 2.45) is 0 Å². The molecule has 0 saturated carbocycles. The molecule has 11 rings (SSSR count). The van der Waals surface area contributed by atoms with Gasteiger partial charge in [-0.15, -0.1) is 0 Å². The molecular weight excluding hydrogens is 691 g/mol. The van der Waals surface area contributed by atoms with Crippen LogP contribution in [-0.4, -0.2) is 9.13 Å². The van der Waals surface area contributed by atoms with Crippen molar-refractivity contribution in [1.29, 1.82) is 0 Å². The summed E-state index contributed by atoms with van der Waals surface area (Å²) in [5, 5.41) is 5.07. The van der Waals surface area contributed by atoms with Crippen molar-refractivity contribution >= 4 is 60.7 Å². The van der Waals surface area contributed by atoms with Gasteiger partial charge in [0.1, 0.15) is 0 Å². The second-order valence-electron chi connectivity index (χ2n) is 14.6. The maximum absolute atomic E-state index is 2.38. The maximum Gasteiger partial charge on any atom is 0.0541 e. The molecule has 0 amide bonds. The Balaban J connectivity index is 0.931. The fourth-order valence-corrected chi connectivity index (χ4v) is 8.68. The number of nitrogens with zero attached hydrogens (tertiary/aromatic N) is 3. The predicted octanol–water partition coefficient (Wildman–Crippen LogP) is 14.7. The van der Waals surface area contributed by atoms with Crippen molar-refractivity contribution < 1.29 is 0 Å². The molecule has 2 aromatic heterocycles. The summed E-state index contributed by atoms with van der Waals surface area (Å²) in [4.78, 5) is 2.33. The van der Waals surface area contributed by atoms with E-state index in [0.29, 0.717) is 0 Å². The van der Waals surface area contributed by atoms with Crippen LogP contribution in [0.4, 0.5) is 17.1 Å². The summed E-state index contributed by atoms with van der Waals surface area (Å²) in [7, 11) is 0. The van der Waals surface area contributed by atoms with E-state index in [0.717, 1.165) is 28.4 Å². The van der Waals surface area contributed by atoms with Crippen molar-refractivity contribution in [3.63, 3.8) is 0 Å². The van der Waals surface area contributed by atoms with Gasteiger partial charge in [0, 0.05) is 50.0 Å². The Hall–Kier alpha value is -7.62. The fourth-order valence-electron chi connectivity index (χ4n) is 8.68. The topological polar surface area (TPSA) is 13.1 Å². The molecule has 2 heterocycles. The molecule has 9 aromatic carbocycles. The highest BCUT2D eigenvalue weighted by Gasteiger charge is 2.16. The number of aromatic nitrogens is 2. The van der Waals surface area contributed by atoms with Crippen LogP contribution in [0.2, 0.25) is 0 Å². The van der Waals surface area contributed by atoms with E-state index in [1.54, 1.807) is 0 Å². The normalized spacial score (nSPS) is 11.5. The van der Waals surface area contributed by atoms with Crippen molar-refractivity contribution in [2.45, 2.75) is 0 Å². The van der Waals surface area contributed by atoms with Gasteiger partial charge in [0.15, 0.2) is 0 Å². The first-order valence-electron chi connectivity index (χ1n) is 19.5. The zero-order valence-electron chi connectivity index (χ0n) is 31.2. The first-order chi connectivity index (χ1) is 28.3. The summed E-state index contributed by atoms with van der Waals surface area (Å²) < 4.78 is 4.76. The first kappa shape index (κ1) is 32.8. The minimum absolute atomic E-state index is 1.10. The van der Waals surface area contributed by atoms with Gasteiger partial charge in [0.2, 0.25) is 0 Å². The molecular formula is C54H37N3. The highest BCUT2D eigenvalue weighted by molar-refractivity contribution is 6.10. The van der Waals surface area contributed by atoms with E-state index in [1.807, 2.05) is 0 Å². The molecule has 0 aliphatic carbocycles. The zero-order valence-corrected chi connectivity index (χ0v) is 31.2. The van der Waals surface area contributed by atoms with E-state index >= 15 is 0 Å². The number of benzene rings is 9. The lowest BCUT2D eigenvalue weighted by atomic mass is 10.0. The van der Waals surface area contributed by atoms with Crippen LogP contribution in [0, 0.1) is 0 Å². The van der Waals surface area contributed by atoms with E-state index in [4.69, 9.17) is 0 Å². The van der Waals surface area contributed by atoms with Gasteiger partial charge >= 0.3 is 0 Å². The molecule has 0 fully saturated rings. The lowest BCUT2D eigenvalue weighted by molar-refractivity contribution is 1.18. The quantitative estimate of drug-likeness (QED) is 0.159. The van der Waals surface area contributed by atoms with Gasteiger partial charge in [-0.3, -0.25) is 0 Å². The molecule has 0 aliphatic heterocycles. The lowest BCUT2D eigenvalue weighted by Gasteiger charge is -2.26. The highest BCUT2D eigenvalue weighted by Crippen LogP contribution is 2.39. The largest absolute Gasteiger partial charge is 0.311 e. The minimum Gasteiger partial charge on any atom is -0.311 e. The van der Waals surface area contributed by atoms with Crippen LogP contribution in [0.1, 0.15) is 0 Å². The molecule has 0 saturated heterocycles. The molecule has 0 N–H and O–H groups in total.